The second kappa shape index (κ2) is 10.6. The van der Waals surface area contributed by atoms with E-state index in [9.17, 15) is 9.90 Å². The number of carbonyl (C=O) groups excluding carboxylic acids is 1. The third-order valence-corrected chi connectivity index (χ3v) is 5.83. The van der Waals surface area contributed by atoms with Crippen molar-refractivity contribution in [2.24, 2.45) is 10.2 Å². The van der Waals surface area contributed by atoms with Crippen molar-refractivity contribution >= 4 is 22.5 Å². The number of hydrogen-bond acceptors (Lipinski definition) is 5. The maximum Gasteiger partial charge on any atom is 0.302 e. The second-order valence-corrected chi connectivity index (χ2v) is 9.66. The number of aromatic nitrogens is 1. The Kier molecular flexibility index (Phi) is 7.38. The van der Waals surface area contributed by atoms with Gasteiger partial charge in [0.25, 0.3) is 0 Å². The Morgan fingerprint density at radius 2 is 1.69 bits per heavy atom. The molecule has 7 heteroatoms. The molecule has 7 nitrogen and oxygen atoms in total. The predicted molar refractivity (Wildman–Crippen MR) is 140 cm³/mol. The Morgan fingerprint density at radius 1 is 0.944 bits per heavy atom. The fourth-order valence-corrected chi connectivity index (χ4v) is 3.89. The Morgan fingerprint density at radius 3 is 2.42 bits per heavy atom. The summed E-state index contributed by atoms with van der Waals surface area (Å²) in [6, 6.07) is 22.9. The number of nitrogens with zero attached hydrogens (tertiary/aromatic N) is 3. The van der Waals surface area contributed by atoms with Crippen molar-refractivity contribution in [1.82, 2.24) is 4.57 Å². The molecule has 0 unspecified atom stereocenters. The minimum Gasteiger partial charge on any atom is -0.493 e. The summed E-state index contributed by atoms with van der Waals surface area (Å²) in [7, 11) is 0. The summed E-state index contributed by atoms with van der Waals surface area (Å²) in [4.78, 5) is 12.3. The van der Waals surface area contributed by atoms with Crippen LogP contribution in [-0.4, -0.2) is 28.8 Å². The Balaban J connectivity index is 1.43. The van der Waals surface area contributed by atoms with E-state index in [0.29, 0.717) is 24.3 Å². The van der Waals surface area contributed by atoms with Crippen molar-refractivity contribution in [3.8, 4) is 17.4 Å². The first-order valence-electron chi connectivity index (χ1n) is 11.9. The summed E-state index contributed by atoms with van der Waals surface area (Å²) in [6.45, 7) is 8.92. The molecule has 0 fully saturated rings. The van der Waals surface area contributed by atoms with Crippen molar-refractivity contribution in [2.45, 2.75) is 39.7 Å². The third kappa shape index (κ3) is 5.92. The van der Waals surface area contributed by atoms with Crippen LogP contribution < -0.4 is 9.47 Å². The molecule has 186 valence electrons. The molecule has 1 amide bonds. The van der Waals surface area contributed by atoms with Gasteiger partial charge in [0.2, 0.25) is 5.88 Å². The van der Waals surface area contributed by atoms with E-state index in [1.165, 1.54) is 5.56 Å². The molecule has 0 aliphatic heterocycles. The molecule has 0 aliphatic rings. The summed E-state index contributed by atoms with van der Waals surface area (Å²) in [5, 5.41) is 19.4. The average molecular weight is 486 g/mol. The summed E-state index contributed by atoms with van der Waals surface area (Å²) >= 11 is 0. The van der Waals surface area contributed by atoms with Crippen LogP contribution in [0.25, 0.3) is 10.9 Å². The lowest BCUT2D eigenvalue weighted by Crippen LogP contribution is -2.11. The number of amides is 1. The molecule has 0 saturated carbocycles. The zero-order chi connectivity index (χ0) is 25.7. The zero-order valence-electron chi connectivity index (χ0n) is 21.1. The number of para-hydroxylation sites is 1. The van der Waals surface area contributed by atoms with Gasteiger partial charge in [-0.3, -0.25) is 4.79 Å². The van der Waals surface area contributed by atoms with E-state index in [-0.39, 0.29) is 23.6 Å². The van der Waals surface area contributed by atoms with Crippen LogP contribution >= 0.6 is 0 Å². The first-order chi connectivity index (χ1) is 17.2. The third-order valence-electron chi connectivity index (χ3n) is 5.83. The van der Waals surface area contributed by atoms with E-state index in [0.717, 1.165) is 16.8 Å². The molecule has 0 aliphatic carbocycles. The molecule has 0 saturated heterocycles. The van der Waals surface area contributed by atoms with Crippen LogP contribution in [-0.2, 0) is 16.8 Å². The Bertz CT molecular complexity index is 1380. The maximum absolute atomic E-state index is 12.3. The molecule has 0 spiro atoms. The van der Waals surface area contributed by atoms with E-state index in [1.807, 2.05) is 79.7 Å². The molecule has 0 bridgehead atoms. The van der Waals surface area contributed by atoms with Crippen molar-refractivity contribution in [1.29, 1.82) is 0 Å². The smallest absolute Gasteiger partial charge is 0.302 e. The van der Waals surface area contributed by atoms with Gasteiger partial charge in [0.15, 0.2) is 12.3 Å². The average Bonchev–Trinajstić information content (AvgIpc) is 3.12. The minimum absolute atomic E-state index is 0.0382. The second-order valence-electron chi connectivity index (χ2n) is 9.66. The number of hydrogen-bond donors (Lipinski definition) is 1. The van der Waals surface area contributed by atoms with Gasteiger partial charge in [-0.25, -0.2) is 0 Å². The van der Waals surface area contributed by atoms with Gasteiger partial charge < -0.3 is 19.1 Å². The van der Waals surface area contributed by atoms with E-state index < -0.39 is 5.91 Å². The Labute approximate surface area is 211 Å². The van der Waals surface area contributed by atoms with Crippen molar-refractivity contribution < 1.29 is 19.4 Å². The van der Waals surface area contributed by atoms with Gasteiger partial charge in [0, 0.05) is 5.39 Å². The first-order valence-corrected chi connectivity index (χ1v) is 11.9. The molecule has 4 aromatic rings. The van der Waals surface area contributed by atoms with Crippen LogP contribution in [0.4, 0.5) is 5.69 Å². The maximum atomic E-state index is 12.3. The lowest BCUT2D eigenvalue weighted by molar-refractivity contribution is -0.120. The van der Waals surface area contributed by atoms with Gasteiger partial charge in [-0.05, 0) is 53.8 Å². The zero-order valence-corrected chi connectivity index (χ0v) is 21.1. The van der Waals surface area contributed by atoms with E-state index >= 15 is 0 Å². The van der Waals surface area contributed by atoms with Crippen LogP contribution in [0.2, 0.25) is 0 Å². The van der Waals surface area contributed by atoms with Gasteiger partial charge in [-0.2, -0.15) is 0 Å². The number of azo groups is 1. The highest BCUT2D eigenvalue weighted by Gasteiger charge is 2.17. The molecule has 4 rings (SSSR count). The summed E-state index contributed by atoms with van der Waals surface area (Å²) < 4.78 is 13.1. The number of rotatable bonds is 8. The van der Waals surface area contributed by atoms with Crippen molar-refractivity contribution in [3.63, 3.8) is 0 Å². The molecular weight excluding hydrogens is 454 g/mol. The highest BCUT2D eigenvalue weighted by Crippen LogP contribution is 2.38. The molecule has 3 aromatic carbocycles. The summed E-state index contributed by atoms with van der Waals surface area (Å²) in [5.74, 6) is 0.734. The number of aromatic hydroxyl groups is 1. The number of ether oxygens (including phenoxy) is 2. The molecule has 0 radical (unpaired) electrons. The molecule has 1 N–H and O–H groups in total. The van der Waals surface area contributed by atoms with Crippen LogP contribution in [0.3, 0.4) is 0 Å². The van der Waals surface area contributed by atoms with Crippen molar-refractivity contribution in [3.05, 3.63) is 83.9 Å². The van der Waals surface area contributed by atoms with E-state index in [4.69, 9.17) is 9.47 Å². The standard InChI is InChI=1S/C29H31N3O4/c1-20-8-7-9-23(18-20)35-17-16-32-25-11-6-5-10-24(25)27(28(32)34)31-30-26(33)19-36-22-14-12-21(13-15-22)29(2,3)4/h5-15,18,34H,16-17,19H2,1-4H3. The van der Waals surface area contributed by atoms with Gasteiger partial charge in [-0.1, -0.05) is 63.2 Å². The van der Waals surface area contributed by atoms with Crippen LogP contribution in [0.15, 0.2) is 83.0 Å². The number of fused-ring (bicyclic) bond motifs is 1. The summed E-state index contributed by atoms with van der Waals surface area (Å²) in [6.07, 6.45) is 0. The normalized spacial score (nSPS) is 11.8. The fraction of sp³-hybridized carbons (Fsp3) is 0.276. The lowest BCUT2D eigenvalue weighted by atomic mass is 9.87. The minimum atomic E-state index is -0.547. The Hall–Kier alpha value is -4.13. The summed E-state index contributed by atoms with van der Waals surface area (Å²) in [5.41, 5.74) is 3.34. The van der Waals surface area contributed by atoms with E-state index in [1.54, 1.807) is 4.57 Å². The largest absolute Gasteiger partial charge is 0.493 e. The predicted octanol–water partition coefficient (Wildman–Crippen LogP) is 6.72. The SMILES string of the molecule is Cc1cccc(OCCn2c(O)c(N=NC(=O)COc3ccc(C(C)(C)C)cc3)c3ccccc32)c1. The van der Waals surface area contributed by atoms with E-state index in [2.05, 4.69) is 31.0 Å². The molecular formula is C29H31N3O4. The topological polar surface area (TPSA) is 85.4 Å². The lowest BCUT2D eigenvalue weighted by Gasteiger charge is -2.19. The first kappa shape index (κ1) is 25.0. The van der Waals surface area contributed by atoms with Crippen molar-refractivity contribution in [2.75, 3.05) is 13.2 Å². The van der Waals surface area contributed by atoms with Gasteiger partial charge in [-0.15, -0.1) is 10.2 Å². The highest BCUT2D eigenvalue weighted by molar-refractivity contribution is 5.95. The van der Waals surface area contributed by atoms with Crippen LogP contribution in [0.5, 0.6) is 17.4 Å². The van der Waals surface area contributed by atoms with Crippen LogP contribution in [0.1, 0.15) is 31.9 Å². The number of aryl methyl sites for hydroxylation is 1. The molecule has 1 heterocycles. The van der Waals surface area contributed by atoms with Gasteiger partial charge in [0.1, 0.15) is 18.1 Å². The molecule has 1 aromatic heterocycles. The quantitative estimate of drug-likeness (QED) is 0.281. The van der Waals surface area contributed by atoms with Crippen LogP contribution in [0, 0.1) is 6.92 Å². The fourth-order valence-electron chi connectivity index (χ4n) is 3.89. The van der Waals surface area contributed by atoms with Gasteiger partial charge in [0.05, 0.1) is 12.1 Å². The number of benzene rings is 3. The highest BCUT2D eigenvalue weighted by atomic mass is 16.5. The monoisotopic (exact) mass is 485 g/mol. The van der Waals surface area contributed by atoms with Gasteiger partial charge >= 0.3 is 5.91 Å². The number of carbonyl (C=O) groups is 1. The molecule has 0 atom stereocenters. The molecule has 36 heavy (non-hydrogen) atoms.